The van der Waals surface area contributed by atoms with Gasteiger partial charge < -0.3 is 15.9 Å². The molecule has 0 radical (unpaired) electrons. The maximum Gasteiger partial charge on any atom is 0.312 e. The Kier molecular flexibility index (Phi) is 3.33. The molecule has 5 heteroatoms. The van der Waals surface area contributed by atoms with Gasteiger partial charge in [0.25, 0.3) is 0 Å². The number of benzene rings is 1. The van der Waals surface area contributed by atoms with Crippen LogP contribution in [0.4, 0.5) is 0 Å². The first-order chi connectivity index (χ1) is 6.57. The number of aromatic hydroxyl groups is 1. The number of aliphatic carboxylic acids is 1. The molecule has 14 heavy (non-hydrogen) atoms. The zero-order chi connectivity index (χ0) is 10.7. The third kappa shape index (κ3) is 1.97. The monoisotopic (exact) mass is 215 g/mol. The molecule has 1 atom stereocenters. The van der Waals surface area contributed by atoms with Crippen LogP contribution in [0.2, 0.25) is 5.02 Å². The van der Waals surface area contributed by atoms with Crippen LogP contribution in [0.25, 0.3) is 0 Å². The lowest BCUT2D eigenvalue weighted by Gasteiger charge is -2.13. The lowest BCUT2D eigenvalue weighted by atomic mass is 9.98. The Morgan fingerprint density at radius 1 is 1.57 bits per heavy atom. The van der Waals surface area contributed by atoms with E-state index in [2.05, 4.69) is 0 Å². The quantitative estimate of drug-likeness (QED) is 0.707. The van der Waals surface area contributed by atoms with E-state index in [0.717, 1.165) is 0 Å². The van der Waals surface area contributed by atoms with Gasteiger partial charge in [0.05, 0.1) is 5.92 Å². The lowest BCUT2D eigenvalue weighted by molar-refractivity contribution is -0.138. The van der Waals surface area contributed by atoms with Crippen LogP contribution in [0.15, 0.2) is 18.2 Å². The first kappa shape index (κ1) is 10.8. The van der Waals surface area contributed by atoms with Crippen LogP contribution >= 0.6 is 11.6 Å². The van der Waals surface area contributed by atoms with Crippen LogP contribution in [0.1, 0.15) is 11.5 Å². The van der Waals surface area contributed by atoms with Gasteiger partial charge in [-0.1, -0.05) is 17.7 Å². The van der Waals surface area contributed by atoms with Gasteiger partial charge >= 0.3 is 5.97 Å². The summed E-state index contributed by atoms with van der Waals surface area (Å²) in [6.07, 6.45) is 0. The maximum absolute atomic E-state index is 10.8. The third-order valence-corrected chi connectivity index (χ3v) is 2.24. The molecule has 0 saturated heterocycles. The van der Waals surface area contributed by atoms with Crippen molar-refractivity contribution in [1.29, 1.82) is 0 Å². The summed E-state index contributed by atoms with van der Waals surface area (Å²) in [6.45, 7) is -0.105. The van der Waals surface area contributed by atoms with Crippen molar-refractivity contribution in [3.8, 4) is 5.75 Å². The molecule has 0 amide bonds. The maximum atomic E-state index is 10.8. The van der Waals surface area contributed by atoms with Gasteiger partial charge in [-0.25, -0.2) is 0 Å². The van der Waals surface area contributed by atoms with Crippen molar-refractivity contribution >= 4 is 17.6 Å². The molecule has 4 nitrogen and oxygen atoms in total. The summed E-state index contributed by atoms with van der Waals surface area (Å²) in [4.78, 5) is 10.8. The Hall–Kier alpha value is -1.26. The van der Waals surface area contributed by atoms with E-state index in [-0.39, 0.29) is 22.9 Å². The molecule has 1 rings (SSSR count). The zero-order valence-corrected chi connectivity index (χ0v) is 8.03. The van der Waals surface area contributed by atoms with Crippen LogP contribution in [-0.4, -0.2) is 22.7 Å². The van der Waals surface area contributed by atoms with Gasteiger partial charge in [0.15, 0.2) is 0 Å². The molecule has 76 valence electrons. The molecular weight excluding hydrogens is 206 g/mol. The standard InChI is InChI=1S/C9H10ClNO3/c10-6-2-1-3-7(12)8(6)5(4-11)9(13)14/h1-3,5,12H,4,11H2,(H,13,14). The van der Waals surface area contributed by atoms with Gasteiger partial charge in [-0.05, 0) is 12.1 Å². The van der Waals surface area contributed by atoms with Crippen LogP contribution in [0, 0.1) is 0 Å². The summed E-state index contributed by atoms with van der Waals surface area (Å²) < 4.78 is 0. The van der Waals surface area contributed by atoms with Crippen molar-refractivity contribution in [2.24, 2.45) is 5.73 Å². The Bertz CT molecular complexity index is 334. The molecule has 0 spiro atoms. The topological polar surface area (TPSA) is 83.6 Å². The van der Waals surface area contributed by atoms with Gasteiger partial charge in [0.1, 0.15) is 5.75 Å². The summed E-state index contributed by atoms with van der Waals surface area (Å²) in [5, 5.41) is 18.5. The number of carboxylic acid groups (broad SMARTS) is 1. The van der Waals surface area contributed by atoms with E-state index in [1.54, 1.807) is 0 Å². The number of carboxylic acids is 1. The number of carbonyl (C=O) groups is 1. The number of hydrogen-bond donors (Lipinski definition) is 3. The Labute approximate surface area is 85.9 Å². The summed E-state index contributed by atoms with van der Waals surface area (Å²) in [5.74, 6) is -2.21. The Morgan fingerprint density at radius 2 is 2.21 bits per heavy atom. The van der Waals surface area contributed by atoms with E-state index in [9.17, 15) is 9.90 Å². The average molecular weight is 216 g/mol. The van der Waals surface area contributed by atoms with E-state index < -0.39 is 11.9 Å². The molecule has 1 aromatic carbocycles. The Balaban J connectivity index is 3.22. The number of halogens is 1. The highest BCUT2D eigenvalue weighted by atomic mass is 35.5. The lowest BCUT2D eigenvalue weighted by Crippen LogP contribution is -2.21. The second kappa shape index (κ2) is 4.30. The number of phenols is 1. The SMILES string of the molecule is NCC(C(=O)O)c1c(O)cccc1Cl. The van der Waals surface area contributed by atoms with E-state index in [1.165, 1.54) is 18.2 Å². The van der Waals surface area contributed by atoms with Crippen molar-refractivity contribution in [1.82, 2.24) is 0 Å². The van der Waals surface area contributed by atoms with Gasteiger partial charge in [0, 0.05) is 17.1 Å². The summed E-state index contributed by atoms with van der Waals surface area (Å²) in [7, 11) is 0. The smallest absolute Gasteiger partial charge is 0.312 e. The molecule has 0 fully saturated rings. The van der Waals surface area contributed by atoms with Crippen LogP contribution in [0.5, 0.6) is 5.75 Å². The number of rotatable bonds is 3. The summed E-state index contributed by atoms with van der Waals surface area (Å²) >= 11 is 5.77. The van der Waals surface area contributed by atoms with E-state index in [1.807, 2.05) is 0 Å². The van der Waals surface area contributed by atoms with Crippen molar-refractivity contribution < 1.29 is 15.0 Å². The Morgan fingerprint density at radius 3 is 2.64 bits per heavy atom. The molecule has 0 aliphatic heterocycles. The minimum atomic E-state index is -1.10. The molecule has 1 aromatic rings. The van der Waals surface area contributed by atoms with Crippen molar-refractivity contribution in [3.05, 3.63) is 28.8 Å². The molecular formula is C9H10ClNO3. The van der Waals surface area contributed by atoms with Gasteiger partial charge in [-0.2, -0.15) is 0 Å². The molecule has 0 saturated carbocycles. The molecule has 0 aliphatic carbocycles. The zero-order valence-electron chi connectivity index (χ0n) is 7.27. The van der Waals surface area contributed by atoms with Crippen LogP contribution in [0.3, 0.4) is 0 Å². The highest BCUT2D eigenvalue weighted by Gasteiger charge is 2.23. The minimum absolute atomic E-state index is 0.105. The second-order valence-electron chi connectivity index (χ2n) is 2.80. The summed E-state index contributed by atoms with van der Waals surface area (Å²) in [6, 6.07) is 4.44. The van der Waals surface area contributed by atoms with Crippen LogP contribution in [-0.2, 0) is 4.79 Å². The van der Waals surface area contributed by atoms with Crippen molar-refractivity contribution in [2.75, 3.05) is 6.54 Å². The van der Waals surface area contributed by atoms with Crippen LogP contribution < -0.4 is 5.73 Å². The molecule has 0 aliphatic rings. The fourth-order valence-corrected chi connectivity index (χ4v) is 1.51. The van der Waals surface area contributed by atoms with Crippen molar-refractivity contribution in [3.63, 3.8) is 0 Å². The second-order valence-corrected chi connectivity index (χ2v) is 3.21. The first-order valence-corrected chi connectivity index (χ1v) is 4.36. The van der Waals surface area contributed by atoms with Gasteiger partial charge in [-0.3, -0.25) is 4.79 Å². The van der Waals surface area contributed by atoms with E-state index in [4.69, 9.17) is 22.4 Å². The molecule has 0 aromatic heterocycles. The fourth-order valence-electron chi connectivity index (χ4n) is 1.21. The normalized spacial score (nSPS) is 12.4. The highest BCUT2D eigenvalue weighted by Crippen LogP contribution is 2.32. The molecule has 1 unspecified atom stereocenters. The number of phenolic OH excluding ortho intramolecular Hbond substituents is 1. The third-order valence-electron chi connectivity index (χ3n) is 1.91. The van der Waals surface area contributed by atoms with E-state index >= 15 is 0 Å². The minimum Gasteiger partial charge on any atom is -0.508 e. The van der Waals surface area contributed by atoms with Gasteiger partial charge in [0.2, 0.25) is 0 Å². The highest BCUT2D eigenvalue weighted by molar-refractivity contribution is 6.31. The molecule has 4 N–H and O–H groups in total. The fraction of sp³-hybridized carbons (Fsp3) is 0.222. The molecule has 0 heterocycles. The average Bonchev–Trinajstić information content (AvgIpc) is 2.10. The van der Waals surface area contributed by atoms with E-state index in [0.29, 0.717) is 0 Å². The number of nitrogens with two attached hydrogens (primary N) is 1. The molecule has 0 bridgehead atoms. The number of hydrogen-bond acceptors (Lipinski definition) is 3. The summed E-state index contributed by atoms with van der Waals surface area (Å²) in [5.41, 5.74) is 5.46. The predicted octanol–water partition coefficient (Wildman–Crippen LogP) is 1.17. The van der Waals surface area contributed by atoms with Gasteiger partial charge in [-0.15, -0.1) is 0 Å². The van der Waals surface area contributed by atoms with Crippen molar-refractivity contribution in [2.45, 2.75) is 5.92 Å². The largest absolute Gasteiger partial charge is 0.508 e. The first-order valence-electron chi connectivity index (χ1n) is 3.98. The predicted molar refractivity (Wildman–Crippen MR) is 52.5 cm³/mol.